The number of carbonyl (C=O) groups is 2. The van der Waals surface area contributed by atoms with Gasteiger partial charge in [0.15, 0.2) is 0 Å². The third kappa shape index (κ3) is 7.35. The number of carbonyl (C=O) groups excluding carboxylic acids is 2. The number of halogens is 3. The van der Waals surface area contributed by atoms with Gasteiger partial charge >= 0.3 is 0 Å². The van der Waals surface area contributed by atoms with Crippen molar-refractivity contribution in [3.63, 3.8) is 0 Å². The van der Waals surface area contributed by atoms with E-state index in [0.717, 1.165) is 42.1 Å². The molecule has 1 aliphatic carbocycles. The van der Waals surface area contributed by atoms with Crippen LogP contribution in [0.2, 0.25) is 10.0 Å². The topological polar surface area (TPSA) is 96.0 Å². The van der Waals surface area contributed by atoms with Crippen molar-refractivity contribution in [2.45, 2.75) is 56.1 Å². The Morgan fingerprint density at radius 3 is 2.17 bits per heavy atom. The molecule has 0 spiro atoms. The van der Waals surface area contributed by atoms with Crippen molar-refractivity contribution in [2.75, 3.05) is 18.0 Å². The number of methoxy groups -OCH3 is 1. The standard InChI is InChI=1S/C30H32Cl2FN3O5S/c1-20(30(38)34-22-6-3-4-7-22)35(18-26-27(31)8-5-9-28(26)32)29(37)19-36(23-12-10-21(33)11-13-23)42(39,40)25-16-14-24(41-2)15-17-25/h5,8-17,20,22H,3-4,6-7,18-19H2,1-2H3,(H,34,38)/t20-/m1/s1. The number of sulfonamides is 1. The zero-order valence-corrected chi connectivity index (χ0v) is 25.6. The predicted molar refractivity (Wildman–Crippen MR) is 161 cm³/mol. The average Bonchev–Trinajstić information content (AvgIpc) is 3.49. The molecule has 3 aromatic carbocycles. The van der Waals surface area contributed by atoms with Gasteiger partial charge in [-0.1, -0.05) is 42.1 Å². The molecule has 224 valence electrons. The average molecular weight is 637 g/mol. The number of benzene rings is 3. The molecule has 1 atom stereocenters. The SMILES string of the molecule is COc1ccc(S(=O)(=O)N(CC(=O)N(Cc2c(Cl)cccc2Cl)[C@H](C)C(=O)NC2CCCC2)c2ccc(F)cc2)cc1. The highest BCUT2D eigenvalue weighted by Crippen LogP contribution is 2.29. The van der Waals surface area contributed by atoms with Crippen LogP contribution >= 0.6 is 23.2 Å². The summed E-state index contributed by atoms with van der Waals surface area (Å²) in [6.07, 6.45) is 3.71. The van der Waals surface area contributed by atoms with Crippen LogP contribution in [0.5, 0.6) is 5.75 Å². The monoisotopic (exact) mass is 635 g/mol. The predicted octanol–water partition coefficient (Wildman–Crippen LogP) is 5.81. The minimum Gasteiger partial charge on any atom is -0.497 e. The van der Waals surface area contributed by atoms with Crippen LogP contribution in [-0.4, -0.2) is 50.9 Å². The van der Waals surface area contributed by atoms with Crippen molar-refractivity contribution in [2.24, 2.45) is 0 Å². The molecule has 4 rings (SSSR count). The Morgan fingerprint density at radius 2 is 1.60 bits per heavy atom. The lowest BCUT2D eigenvalue weighted by Crippen LogP contribution is -2.52. The van der Waals surface area contributed by atoms with Crippen LogP contribution in [0.25, 0.3) is 0 Å². The van der Waals surface area contributed by atoms with E-state index in [2.05, 4.69) is 5.32 Å². The molecule has 1 N–H and O–H groups in total. The van der Waals surface area contributed by atoms with Gasteiger partial charge in [-0.2, -0.15) is 0 Å². The third-order valence-electron chi connectivity index (χ3n) is 7.30. The lowest BCUT2D eigenvalue weighted by molar-refractivity contribution is -0.139. The van der Waals surface area contributed by atoms with E-state index < -0.39 is 34.3 Å². The molecule has 1 saturated carbocycles. The molecule has 2 amide bonds. The maximum Gasteiger partial charge on any atom is 0.264 e. The summed E-state index contributed by atoms with van der Waals surface area (Å²) >= 11 is 12.8. The lowest BCUT2D eigenvalue weighted by Gasteiger charge is -2.33. The Kier molecular flexibility index (Phi) is 10.3. The van der Waals surface area contributed by atoms with Crippen molar-refractivity contribution in [3.8, 4) is 5.75 Å². The van der Waals surface area contributed by atoms with E-state index in [9.17, 15) is 22.4 Å². The lowest BCUT2D eigenvalue weighted by atomic mass is 10.1. The molecule has 42 heavy (non-hydrogen) atoms. The molecule has 0 heterocycles. The Bertz CT molecular complexity index is 1490. The Morgan fingerprint density at radius 1 is 1.00 bits per heavy atom. The number of rotatable bonds is 11. The van der Waals surface area contributed by atoms with Gasteiger partial charge in [0, 0.05) is 28.2 Å². The molecule has 12 heteroatoms. The maximum atomic E-state index is 14.0. The number of ether oxygens (including phenoxy) is 1. The molecule has 3 aromatic rings. The van der Waals surface area contributed by atoms with Crippen molar-refractivity contribution >= 4 is 50.7 Å². The van der Waals surface area contributed by atoms with Crippen LogP contribution in [0.15, 0.2) is 71.6 Å². The fourth-order valence-corrected chi connectivity index (χ4v) is 6.77. The van der Waals surface area contributed by atoms with Crippen molar-refractivity contribution in [1.29, 1.82) is 0 Å². The summed E-state index contributed by atoms with van der Waals surface area (Å²) in [5.41, 5.74) is 0.486. The number of anilines is 1. The second kappa shape index (κ2) is 13.8. The first-order chi connectivity index (χ1) is 20.0. The van der Waals surface area contributed by atoms with Gasteiger partial charge in [-0.25, -0.2) is 12.8 Å². The maximum absolute atomic E-state index is 14.0. The molecule has 1 fully saturated rings. The highest BCUT2D eigenvalue weighted by atomic mass is 35.5. The van der Waals surface area contributed by atoms with E-state index >= 15 is 0 Å². The van der Waals surface area contributed by atoms with E-state index in [1.807, 2.05) is 0 Å². The largest absolute Gasteiger partial charge is 0.497 e. The Hall–Kier alpha value is -3.34. The summed E-state index contributed by atoms with van der Waals surface area (Å²) in [5.74, 6) is -1.17. The molecule has 0 aliphatic heterocycles. The molecular formula is C30H32Cl2FN3O5S. The van der Waals surface area contributed by atoms with Crippen molar-refractivity contribution in [3.05, 3.63) is 88.2 Å². The van der Waals surface area contributed by atoms with E-state index in [0.29, 0.717) is 21.4 Å². The summed E-state index contributed by atoms with van der Waals surface area (Å²) in [6.45, 7) is 0.757. The second-order valence-corrected chi connectivity index (χ2v) is 12.7. The number of hydrogen-bond donors (Lipinski definition) is 1. The normalized spacial score (nSPS) is 14.3. The van der Waals surface area contributed by atoms with E-state index in [1.54, 1.807) is 25.1 Å². The first-order valence-corrected chi connectivity index (χ1v) is 15.7. The van der Waals surface area contributed by atoms with E-state index in [-0.39, 0.29) is 29.1 Å². The summed E-state index contributed by atoms with van der Waals surface area (Å²) in [5, 5.41) is 3.60. The van der Waals surface area contributed by atoms with Crippen LogP contribution in [0, 0.1) is 5.82 Å². The minimum atomic E-state index is -4.32. The first-order valence-electron chi connectivity index (χ1n) is 13.5. The summed E-state index contributed by atoms with van der Waals surface area (Å²) in [6, 6.07) is 14.4. The highest BCUT2D eigenvalue weighted by Gasteiger charge is 2.34. The summed E-state index contributed by atoms with van der Waals surface area (Å²) in [7, 11) is -2.86. The third-order valence-corrected chi connectivity index (χ3v) is 9.80. The van der Waals surface area contributed by atoms with Crippen LogP contribution in [0.4, 0.5) is 10.1 Å². The van der Waals surface area contributed by atoms with Gasteiger partial charge < -0.3 is 15.0 Å². The first kappa shape index (κ1) is 31.6. The highest BCUT2D eigenvalue weighted by molar-refractivity contribution is 7.92. The molecule has 0 unspecified atom stereocenters. The van der Waals surface area contributed by atoms with Gasteiger partial charge in [-0.05, 0) is 80.4 Å². The van der Waals surface area contributed by atoms with Gasteiger partial charge in [0.05, 0.1) is 17.7 Å². The van der Waals surface area contributed by atoms with Crippen LogP contribution in [-0.2, 0) is 26.2 Å². The summed E-state index contributed by atoms with van der Waals surface area (Å²) < 4.78 is 47.6. The van der Waals surface area contributed by atoms with E-state index in [4.69, 9.17) is 27.9 Å². The number of amides is 2. The molecule has 0 saturated heterocycles. The van der Waals surface area contributed by atoms with Gasteiger partial charge in [0.1, 0.15) is 24.2 Å². The smallest absolute Gasteiger partial charge is 0.264 e. The fraction of sp³-hybridized carbons (Fsp3) is 0.333. The number of nitrogens with zero attached hydrogens (tertiary/aromatic N) is 2. The van der Waals surface area contributed by atoms with Crippen LogP contribution in [0.3, 0.4) is 0 Å². The van der Waals surface area contributed by atoms with Crippen molar-refractivity contribution in [1.82, 2.24) is 10.2 Å². The van der Waals surface area contributed by atoms with E-state index in [1.165, 1.54) is 48.4 Å². The molecule has 0 bridgehead atoms. The molecule has 0 aromatic heterocycles. The molecular weight excluding hydrogens is 604 g/mol. The Balaban J connectivity index is 1.71. The molecule has 8 nitrogen and oxygen atoms in total. The fourth-order valence-electron chi connectivity index (χ4n) is 4.84. The van der Waals surface area contributed by atoms with Crippen LogP contribution in [0.1, 0.15) is 38.2 Å². The number of nitrogens with one attached hydrogen (secondary N) is 1. The zero-order valence-electron chi connectivity index (χ0n) is 23.2. The van der Waals surface area contributed by atoms with Crippen molar-refractivity contribution < 1.29 is 27.1 Å². The number of hydrogen-bond acceptors (Lipinski definition) is 5. The summed E-state index contributed by atoms with van der Waals surface area (Å²) in [4.78, 5) is 28.5. The van der Waals surface area contributed by atoms with Gasteiger partial charge in [0.25, 0.3) is 10.0 Å². The Labute approximate surface area is 255 Å². The van der Waals surface area contributed by atoms with Gasteiger partial charge in [-0.15, -0.1) is 0 Å². The zero-order chi connectivity index (χ0) is 30.4. The second-order valence-electron chi connectivity index (χ2n) is 10.1. The molecule has 1 aliphatic rings. The minimum absolute atomic E-state index is 0.00645. The van der Waals surface area contributed by atoms with Gasteiger partial charge in [0.2, 0.25) is 11.8 Å². The van der Waals surface area contributed by atoms with Gasteiger partial charge in [-0.3, -0.25) is 13.9 Å². The quantitative estimate of drug-likeness (QED) is 0.287. The molecule has 0 radical (unpaired) electrons. The van der Waals surface area contributed by atoms with Crippen LogP contribution < -0.4 is 14.4 Å².